The Labute approximate surface area is 169 Å². The van der Waals surface area contributed by atoms with Crippen LogP contribution in [0.5, 0.6) is 11.6 Å². The van der Waals surface area contributed by atoms with E-state index in [0.717, 1.165) is 0 Å². The van der Waals surface area contributed by atoms with E-state index < -0.39 is 5.91 Å². The maximum absolute atomic E-state index is 12.1. The maximum Gasteiger partial charge on any atom is 0.291 e. The molecule has 0 aliphatic carbocycles. The summed E-state index contributed by atoms with van der Waals surface area (Å²) in [5.41, 5.74) is 0.480. The normalized spacial score (nSPS) is 13.3. The molecular weight excluding hydrogens is 409 g/mol. The second kappa shape index (κ2) is 7.99. The Morgan fingerprint density at radius 2 is 1.89 bits per heavy atom. The van der Waals surface area contributed by atoms with Crippen LogP contribution in [-0.2, 0) is 9.59 Å². The van der Waals surface area contributed by atoms with Gasteiger partial charge < -0.3 is 15.4 Å². The van der Waals surface area contributed by atoms with Gasteiger partial charge in [0.1, 0.15) is 6.54 Å². The molecule has 2 aromatic rings. The van der Waals surface area contributed by atoms with Crippen LogP contribution in [0.15, 0.2) is 28.0 Å². The first-order valence-corrected chi connectivity index (χ1v) is 8.92. The lowest BCUT2D eigenvalue weighted by molar-refractivity contribution is -0.118. The molecule has 0 bridgehead atoms. The van der Waals surface area contributed by atoms with Gasteiger partial charge in [0, 0.05) is 17.3 Å². The predicted molar refractivity (Wildman–Crippen MR) is 105 cm³/mol. The SMILES string of the molecule is CC(C)c1cc(Oc2c(Cl)cc(NC(=O)C3=NCC(=O)N3)cc2Cl)n[nH]c1=O. The predicted octanol–water partition coefficient (Wildman–Crippen LogP) is 2.46. The van der Waals surface area contributed by atoms with E-state index in [4.69, 9.17) is 27.9 Å². The number of amidine groups is 1. The minimum absolute atomic E-state index is 0.0309. The molecule has 1 aliphatic rings. The van der Waals surface area contributed by atoms with Crippen LogP contribution in [0, 0.1) is 0 Å². The summed E-state index contributed by atoms with van der Waals surface area (Å²) in [6.45, 7) is 3.63. The molecule has 0 saturated carbocycles. The molecule has 146 valence electrons. The first kappa shape index (κ1) is 19.8. The van der Waals surface area contributed by atoms with Gasteiger partial charge in [-0.3, -0.25) is 19.4 Å². The molecule has 0 radical (unpaired) electrons. The Morgan fingerprint density at radius 1 is 1.21 bits per heavy atom. The number of carbonyl (C=O) groups excluding carboxylic acids is 2. The number of rotatable bonds is 5. The molecule has 2 heterocycles. The number of H-pyrrole nitrogens is 1. The Morgan fingerprint density at radius 3 is 2.46 bits per heavy atom. The number of ether oxygens (including phenoxy) is 1. The molecule has 0 spiro atoms. The molecule has 1 aromatic carbocycles. The topological polar surface area (TPSA) is 126 Å². The molecule has 0 atom stereocenters. The third-order valence-electron chi connectivity index (χ3n) is 3.75. The number of nitrogens with zero attached hydrogens (tertiary/aromatic N) is 2. The molecule has 0 unspecified atom stereocenters. The highest BCUT2D eigenvalue weighted by Crippen LogP contribution is 2.38. The van der Waals surface area contributed by atoms with Crippen molar-refractivity contribution in [3.63, 3.8) is 0 Å². The lowest BCUT2D eigenvalue weighted by atomic mass is 10.1. The second-order valence-corrected chi connectivity index (χ2v) is 7.00. The van der Waals surface area contributed by atoms with E-state index in [1.165, 1.54) is 18.2 Å². The number of hydrogen-bond donors (Lipinski definition) is 3. The summed E-state index contributed by atoms with van der Waals surface area (Å²) in [5, 5.41) is 11.3. The lowest BCUT2D eigenvalue weighted by Crippen LogP contribution is -2.34. The summed E-state index contributed by atoms with van der Waals surface area (Å²) in [7, 11) is 0. The number of hydrogen-bond acceptors (Lipinski definition) is 6. The van der Waals surface area contributed by atoms with Gasteiger partial charge in [-0.05, 0) is 18.1 Å². The zero-order chi connectivity index (χ0) is 20.4. The standard InChI is InChI=1S/C17H15Cl2N5O4/c1-7(2)9-5-13(23-24-16(9)26)28-14-10(18)3-8(4-11(14)19)21-17(27)15-20-6-12(25)22-15/h3-5,7H,6H2,1-2H3,(H,21,27)(H,24,26)(H,20,22,25). The first-order valence-electron chi connectivity index (χ1n) is 8.16. The molecule has 3 rings (SSSR count). The van der Waals surface area contributed by atoms with Gasteiger partial charge in [-0.15, -0.1) is 5.10 Å². The number of anilines is 1. The molecule has 11 heteroatoms. The van der Waals surface area contributed by atoms with Crippen LogP contribution in [0.4, 0.5) is 5.69 Å². The largest absolute Gasteiger partial charge is 0.434 e. The van der Waals surface area contributed by atoms with Crippen molar-refractivity contribution in [3.8, 4) is 11.6 Å². The number of aromatic nitrogens is 2. The van der Waals surface area contributed by atoms with Crippen molar-refractivity contribution in [1.29, 1.82) is 0 Å². The summed E-state index contributed by atoms with van der Waals surface area (Å²) >= 11 is 12.4. The highest BCUT2D eigenvalue weighted by Gasteiger charge is 2.21. The highest BCUT2D eigenvalue weighted by molar-refractivity contribution is 6.46. The zero-order valence-corrected chi connectivity index (χ0v) is 16.3. The van der Waals surface area contributed by atoms with Crippen molar-refractivity contribution >= 4 is 46.5 Å². The number of benzene rings is 1. The minimum atomic E-state index is -0.601. The number of carbonyl (C=O) groups is 2. The van der Waals surface area contributed by atoms with Crippen molar-refractivity contribution in [2.24, 2.45) is 4.99 Å². The van der Waals surface area contributed by atoms with Crippen molar-refractivity contribution in [3.05, 3.63) is 44.2 Å². The fraction of sp³-hybridized carbons (Fsp3) is 0.235. The van der Waals surface area contributed by atoms with Crippen molar-refractivity contribution < 1.29 is 14.3 Å². The van der Waals surface area contributed by atoms with E-state index in [1.807, 2.05) is 13.8 Å². The fourth-order valence-corrected chi connectivity index (χ4v) is 2.96. The van der Waals surface area contributed by atoms with Crippen LogP contribution in [0.2, 0.25) is 10.0 Å². The van der Waals surface area contributed by atoms with Crippen molar-refractivity contribution in [1.82, 2.24) is 15.5 Å². The maximum atomic E-state index is 12.1. The van der Waals surface area contributed by atoms with Crippen LogP contribution < -0.4 is 20.9 Å². The summed E-state index contributed by atoms with van der Waals surface area (Å²) in [6, 6.07) is 4.35. The van der Waals surface area contributed by atoms with Crippen molar-refractivity contribution in [2.75, 3.05) is 11.9 Å². The van der Waals surface area contributed by atoms with Gasteiger partial charge >= 0.3 is 0 Å². The zero-order valence-electron chi connectivity index (χ0n) is 14.8. The fourth-order valence-electron chi connectivity index (χ4n) is 2.40. The Kier molecular flexibility index (Phi) is 5.66. The van der Waals surface area contributed by atoms with E-state index in [9.17, 15) is 14.4 Å². The molecule has 0 fully saturated rings. The molecule has 1 aliphatic heterocycles. The van der Waals surface area contributed by atoms with E-state index in [-0.39, 0.29) is 57.1 Å². The molecule has 28 heavy (non-hydrogen) atoms. The third-order valence-corrected chi connectivity index (χ3v) is 4.31. The highest BCUT2D eigenvalue weighted by atomic mass is 35.5. The number of halogens is 2. The quantitative estimate of drug-likeness (QED) is 0.680. The Hall–Kier alpha value is -2.91. The second-order valence-electron chi connectivity index (χ2n) is 6.18. The number of aromatic amines is 1. The summed E-state index contributed by atoms with van der Waals surface area (Å²) < 4.78 is 5.62. The average molecular weight is 424 g/mol. The van der Waals surface area contributed by atoms with Crippen molar-refractivity contribution in [2.45, 2.75) is 19.8 Å². The summed E-state index contributed by atoms with van der Waals surface area (Å²) in [5.74, 6) is -0.850. The van der Waals surface area contributed by atoms with Crippen LogP contribution in [0.3, 0.4) is 0 Å². The Balaban J connectivity index is 1.81. The smallest absolute Gasteiger partial charge is 0.291 e. The minimum Gasteiger partial charge on any atom is -0.434 e. The molecule has 2 amide bonds. The average Bonchev–Trinajstić information content (AvgIpc) is 3.06. The number of nitrogens with one attached hydrogen (secondary N) is 3. The van der Waals surface area contributed by atoms with Crippen LogP contribution in [0.1, 0.15) is 25.3 Å². The summed E-state index contributed by atoms with van der Waals surface area (Å²) in [6.07, 6.45) is 0. The van der Waals surface area contributed by atoms with E-state index in [2.05, 4.69) is 25.8 Å². The summed E-state index contributed by atoms with van der Waals surface area (Å²) in [4.78, 5) is 38.8. The van der Waals surface area contributed by atoms with Gasteiger partial charge in [0.2, 0.25) is 11.8 Å². The molecule has 0 saturated heterocycles. The molecule has 1 aromatic heterocycles. The number of aliphatic imine (C=N–C) groups is 1. The van der Waals surface area contributed by atoms with E-state index in [0.29, 0.717) is 5.56 Å². The molecule has 9 nitrogen and oxygen atoms in total. The first-order chi connectivity index (χ1) is 13.2. The van der Waals surface area contributed by atoms with Gasteiger partial charge in [-0.25, -0.2) is 5.10 Å². The molecule has 3 N–H and O–H groups in total. The van der Waals surface area contributed by atoms with Gasteiger partial charge in [-0.2, -0.15) is 0 Å². The van der Waals surface area contributed by atoms with E-state index in [1.54, 1.807) is 0 Å². The van der Waals surface area contributed by atoms with Gasteiger partial charge in [0.15, 0.2) is 11.6 Å². The number of amides is 2. The van der Waals surface area contributed by atoms with Gasteiger partial charge in [0.25, 0.3) is 11.5 Å². The monoisotopic (exact) mass is 423 g/mol. The molecular formula is C17H15Cl2N5O4. The van der Waals surface area contributed by atoms with Gasteiger partial charge in [-0.1, -0.05) is 37.0 Å². The van der Waals surface area contributed by atoms with Gasteiger partial charge in [0.05, 0.1) is 10.0 Å². The van der Waals surface area contributed by atoms with Crippen LogP contribution >= 0.6 is 23.2 Å². The van der Waals surface area contributed by atoms with Crippen LogP contribution in [-0.4, -0.2) is 34.4 Å². The van der Waals surface area contributed by atoms with E-state index >= 15 is 0 Å². The lowest BCUT2D eigenvalue weighted by Gasteiger charge is -2.12. The third kappa shape index (κ3) is 4.32. The Bertz CT molecular complexity index is 1030. The van der Waals surface area contributed by atoms with Crippen LogP contribution in [0.25, 0.3) is 0 Å².